The lowest BCUT2D eigenvalue weighted by Gasteiger charge is -2.38. The van der Waals surface area contributed by atoms with Gasteiger partial charge in [0.25, 0.3) is 0 Å². The highest BCUT2D eigenvalue weighted by Crippen LogP contribution is 2.58. The zero-order valence-electron chi connectivity index (χ0n) is 17.1. The topological polar surface area (TPSA) is 74.2 Å². The van der Waals surface area contributed by atoms with Crippen LogP contribution in [-0.2, 0) is 13.0 Å². The molecule has 2 aliphatic rings. The van der Waals surface area contributed by atoms with Gasteiger partial charge in [0.05, 0.1) is 12.0 Å². The molecule has 2 aromatic carbocycles. The number of unbranched alkanes of at least 4 members (excludes halogenated alkanes) is 1. The van der Waals surface area contributed by atoms with Gasteiger partial charge in [-0.2, -0.15) is 4.31 Å². The summed E-state index contributed by atoms with van der Waals surface area (Å²) in [6.45, 7) is 4.15. The number of aryl methyl sites for hydroxylation is 1. The Labute approximate surface area is 174 Å². The van der Waals surface area contributed by atoms with Gasteiger partial charge in [-0.25, -0.2) is 0 Å². The largest absolute Gasteiger partial charge is 0.493 e. The zero-order chi connectivity index (χ0) is 20.5. The summed E-state index contributed by atoms with van der Waals surface area (Å²) in [7, 11) is -1.17. The van der Waals surface area contributed by atoms with Crippen molar-refractivity contribution in [1.82, 2.24) is 9.62 Å². The number of hydrogen-bond acceptors (Lipinski definition) is 6. The Morgan fingerprint density at radius 2 is 1.93 bits per heavy atom. The van der Waals surface area contributed by atoms with E-state index in [1.165, 1.54) is 5.56 Å². The number of ether oxygens (including phenoxy) is 2. The van der Waals surface area contributed by atoms with Gasteiger partial charge < -0.3 is 9.47 Å². The Morgan fingerprint density at radius 3 is 2.72 bits per heavy atom. The van der Waals surface area contributed by atoms with E-state index in [4.69, 9.17) is 9.47 Å². The molecule has 0 radical (unpaired) electrons. The van der Waals surface area contributed by atoms with Crippen molar-refractivity contribution in [3.8, 4) is 11.5 Å². The van der Waals surface area contributed by atoms with Crippen LogP contribution in [0.25, 0.3) is 0 Å². The Bertz CT molecular complexity index is 861. The summed E-state index contributed by atoms with van der Waals surface area (Å²) in [5.74, 6) is 1.61. The lowest BCUT2D eigenvalue weighted by Crippen LogP contribution is -2.50. The molecule has 0 fully saturated rings. The van der Waals surface area contributed by atoms with E-state index in [0.29, 0.717) is 18.0 Å². The average molecular weight is 419 g/mol. The number of benzene rings is 2. The van der Waals surface area contributed by atoms with Crippen molar-refractivity contribution in [2.75, 3.05) is 20.2 Å². The normalized spacial score (nSPS) is 23.7. The predicted octanol–water partition coefficient (Wildman–Crippen LogP) is 4.65. The van der Waals surface area contributed by atoms with Crippen molar-refractivity contribution in [3.63, 3.8) is 0 Å². The van der Waals surface area contributed by atoms with E-state index >= 15 is 0 Å². The van der Waals surface area contributed by atoms with Crippen LogP contribution in [-0.4, -0.2) is 39.3 Å². The molecule has 0 bridgehead atoms. The molecule has 7 heteroatoms. The van der Waals surface area contributed by atoms with Crippen LogP contribution in [0.5, 0.6) is 11.5 Å². The quantitative estimate of drug-likeness (QED) is 0.569. The van der Waals surface area contributed by atoms with E-state index in [-0.39, 0.29) is 0 Å². The van der Waals surface area contributed by atoms with Crippen molar-refractivity contribution >= 4 is 10.8 Å². The number of rotatable bonds is 7. The molecule has 0 aromatic heterocycles. The second kappa shape index (κ2) is 8.16. The maximum Gasteiger partial charge on any atom is 0.167 e. The van der Waals surface area contributed by atoms with Crippen LogP contribution in [0.2, 0.25) is 0 Å². The number of fused-ring (bicyclic) bond motifs is 2. The first kappa shape index (κ1) is 20.5. The fourth-order valence-corrected chi connectivity index (χ4v) is 5.83. The molecular formula is C22H30N2O4S. The minimum Gasteiger partial charge on any atom is -0.493 e. The zero-order valence-corrected chi connectivity index (χ0v) is 17.9. The fourth-order valence-electron chi connectivity index (χ4n) is 4.10. The van der Waals surface area contributed by atoms with Gasteiger partial charge in [0.15, 0.2) is 17.2 Å². The van der Waals surface area contributed by atoms with Gasteiger partial charge in [0, 0.05) is 19.5 Å². The maximum atomic E-state index is 10.6. The Hall–Kier alpha value is -1.77. The molecule has 6 nitrogen and oxygen atoms in total. The molecule has 1 atom stereocenters. The number of methoxy groups -OCH3 is 1. The molecule has 0 saturated heterocycles. The average Bonchev–Trinajstić information content (AvgIpc) is 2.97. The summed E-state index contributed by atoms with van der Waals surface area (Å²) < 4.78 is 34.7. The SMILES string of the molecule is COc1cccc2c1OC(C)(NCCCCN1Cc3ccccc3S1(O)O)CC2. The van der Waals surface area contributed by atoms with Crippen LogP contribution in [0.3, 0.4) is 0 Å². The van der Waals surface area contributed by atoms with E-state index in [1.54, 1.807) is 11.4 Å². The summed E-state index contributed by atoms with van der Waals surface area (Å²) in [6.07, 6.45) is 3.66. The molecule has 158 valence electrons. The first-order chi connectivity index (χ1) is 13.9. The smallest absolute Gasteiger partial charge is 0.167 e. The second-order valence-electron chi connectivity index (χ2n) is 7.91. The lowest BCUT2D eigenvalue weighted by molar-refractivity contribution is 0.0274. The molecule has 2 aromatic rings. The number of nitrogens with zero attached hydrogens (tertiary/aromatic N) is 1. The molecule has 0 saturated carbocycles. The number of hydrogen-bond donors (Lipinski definition) is 3. The minimum atomic E-state index is -2.83. The molecule has 0 aliphatic carbocycles. The van der Waals surface area contributed by atoms with Gasteiger partial charge >= 0.3 is 0 Å². The number of para-hydroxylation sites is 1. The Morgan fingerprint density at radius 1 is 1.14 bits per heavy atom. The van der Waals surface area contributed by atoms with E-state index in [1.807, 2.05) is 36.4 Å². The third-order valence-electron chi connectivity index (χ3n) is 5.79. The highest BCUT2D eigenvalue weighted by molar-refractivity contribution is 8.22. The van der Waals surface area contributed by atoms with Crippen molar-refractivity contribution in [1.29, 1.82) is 0 Å². The first-order valence-corrected chi connectivity index (χ1v) is 11.6. The van der Waals surface area contributed by atoms with Gasteiger partial charge in [-0.15, -0.1) is 10.8 Å². The van der Waals surface area contributed by atoms with Crippen molar-refractivity contribution < 1.29 is 18.6 Å². The van der Waals surface area contributed by atoms with Crippen LogP contribution in [0.15, 0.2) is 47.4 Å². The highest BCUT2D eigenvalue weighted by Gasteiger charge is 2.35. The standard InChI is InChI=1S/C22H30N2O4S/c1-22(13-12-17-9-7-10-19(27-2)21(17)28-22)23-14-5-6-15-24-16-18-8-3-4-11-20(18)29(24,25)26/h3-4,7-11,23,25-26H,5-6,12-16H2,1-2H3. The molecular weight excluding hydrogens is 388 g/mol. The van der Waals surface area contributed by atoms with Crippen molar-refractivity contribution in [3.05, 3.63) is 53.6 Å². The lowest BCUT2D eigenvalue weighted by atomic mass is 9.98. The van der Waals surface area contributed by atoms with Crippen molar-refractivity contribution in [2.45, 2.75) is 49.8 Å². The van der Waals surface area contributed by atoms with Crippen LogP contribution in [0.1, 0.15) is 37.3 Å². The fraction of sp³-hybridized carbons (Fsp3) is 0.455. The van der Waals surface area contributed by atoms with E-state index in [0.717, 1.165) is 49.3 Å². The van der Waals surface area contributed by atoms with Crippen LogP contribution in [0.4, 0.5) is 0 Å². The molecule has 0 spiro atoms. The van der Waals surface area contributed by atoms with Gasteiger partial charge in [0.2, 0.25) is 0 Å². The summed E-state index contributed by atoms with van der Waals surface area (Å²) >= 11 is 0. The van der Waals surface area contributed by atoms with E-state index in [9.17, 15) is 9.11 Å². The Balaban J connectivity index is 1.26. The molecule has 2 heterocycles. The molecule has 2 aliphatic heterocycles. The Kier molecular flexibility index (Phi) is 5.77. The maximum absolute atomic E-state index is 10.6. The van der Waals surface area contributed by atoms with Crippen LogP contribution < -0.4 is 14.8 Å². The third kappa shape index (κ3) is 4.11. The molecule has 4 rings (SSSR count). The minimum absolute atomic E-state index is 0.422. The van der Waals surface area contributed by atoms with Gasteiger partial charge in [-0.05, 0) is 56.0 Å². The molecule has 3 N–H and O–H groups in total. The van der Waals surface area contributed by atoms with Crippen LogP contribution in [0, 0.1) is 0 Å². The summed E-state index contributed by atoms with van der Waals surface area (Å²) in [5, 5.41) is 3.54. The molecule has 1 unspecified atom stereocenters. The predicted molar refractivity (Wildman–Crippen MR) is 116 cm³/mol. The molecule has 29 heavy (non-hydrogen) atoms. The summed E-state index contributed by atoms with van der Waals surface area (Å²) in [5.41, 5.74) is 1.78. The highest BCUT2D eigenvalue weighted by atomic mass is 32.3. The summed E-state index contributed by atoms with van der Waals surface area (Å²) in [6, 6.07) is 13.6. The van der Waals surface area contributed by atoms with Crippen LogP contribution >= 0.6 is 10.8 Å². The third-order valence-corrected chi connectivity index (χ3v) is 7.81. The van der Waals surface area contributed by atoms with E-state index in [2.05, 4.69) is 18.3 Å². The monoisotopic (exact) mass is 418 g/mol. The first-order valence-electron chi connectivity index (χ1n) is 10.1. The van der Waals surface area contributed by atoms with Gasteiger partial charge in [-0.1, -0.05) is 30.3 Å². The second-order valence-corrected chi connectivity index (χ2v) is 9.90. The number of nitrogens with one attached hydrogen (secondary N) is 1. The van der Waals surface area contributed by atoms with Gasteiger partial charge in [-0.3, -0.25) is 14.4 Å². The van der Waals surface area contributed by atoms with E-state index < -0.39 is 16.5 Å². The molecule has 0 amide bonds. The van der Waals surface area contributed by atoms with Gasteiger partial charge in [0.1, 0.15) is 0 Å². The summed E-state index contributed by atoms with van der Waals surface area (Å²) in [4.78, 5) is 0.675. The van der Waals surface area contributed by atoms with Crippen molar-refractivity contribution in [2.24, 2.45) is 0 Å².